The number of thiophene rings is 1. The second kappa shape index (κ2) is 4.97. The minimum Gasteiger partial charge on any atom is -0.465 e. The topological polar surface area (TPSA) is 55.4 Å². The maximum atomic E-state index is 11.2. The maximum Gasteiger partial charge on any atom is 0.340 e. The zero-order valence-corrected chi connectivity index (χ0v) is 8.95. The van der Waals surface area contributed by atoms with Gasteiger partial charge in [-0.3, -0.25) is 4.79 Å². The monoisotopic (exact) mass is 233 g/mol. The van der Waals surface area contributed by atoms with Gasteiger partial charge in [0.2, 0.25) is 5.91 Å². The zero-order valence-electron chi connectivity index (χ0n) is 7.37. The summed E-state index contributed by atoms with van der Waals surface area (Å²) in [5.74, 6) is -0.964. The molecule has 1 rings (SSSR count). The van der Waals surface area contributed by atoms with Crippen molar-refractivity contribution in [3.05, 3.63) is 17.0 Å². The molecule has 0 aromatic carbocycles. The minimum absolute atomic E-state index is 0.140. The Hall–Kier alpha value is -1.07. The molecule has 0 atom stereocenters. The molecule has 1 heterocycles. The summed E-state index contributed by atoms with van der Waals surface area (Å²) >= 11 is 6.56. The molecule has 0 spiro atoms. The molecule has 0 unspecified atom stereocenters. The van der Waals surface area contributed by atoms with E-state index in [2.05, 4.69) is 10.1 Å². The Bertz CT molecular complexity index is 350. The number of carbonyl (C=O) groups excluding carboxylic acids is 2. The third kappa shape index (κ3) is 2.46. The molecule has 1 aromatic heterocycles. The van der Waals surface area contributed by atoms with Crippen LogP contribution in [0, 0.1) is 0 Å². The van der Waals surface area contributed by atoms with Gasteiger partial charge < -0.3 is 10.1 Å². The van der Waals surface area contributed by atoms with Crippen LogP contribution in [0.15, 0.2) is 11.4 Å². The summed E-state index contributed by atoms with van der Waals surface area (Å²) in [6, 6.07) is 1.58. The van der Waals surface area contributed by atoms with Gasteiger partial charge in [0.25, 0.3) is 0 Å². The Morgan fingerprint density at radius 1 is 1.64 bits per heavy atom. The van der Waals surface area contributed by atoms with E-state index in [9.17, 15) is 9.59 Å². The van der Waals surface area contributed by atoms with E-state index in [4.69, 9.17) is 11.6 Å². The highest BCUT2D eigenvalue weighted by Gasteiger charge is 2.14. The summed E-state index contributed by atoms with van der Waals surface area (Å²) in [6.45, 7) is 0. The van der Waals surface area contributed by atoms with Gasteiger partial charge in [0, 0.05) is 0 Å². The van der Waals surface area contributed by atoms with Gasteiger partial charge in [0.15, 0.2) is 0 Å². The average Bonchev–Trinajstić information content (AvgIpc) is 2.64. The molecular weight excluding hydrogens is 226 g/mol. The van der Waals surface area contributed by atoms with Gasteiger partial charge in [-0.25, -0.2) is 4.79 Å². The number of alkyl halides is 1. The smallest absolute Gasteiger partial charge is 0.340 e. The van der Waals surface area contributed by atoms with Crippen molar-refractivity contribution < 1.29 is 14.3 Å². The lowest BCUT2D eigenvalue weighted by molar-refractivity contribution is -0.113. The van der Waals surface area contributed by atoms with Crippen molar-refractivity contribution in [2.24, 2.45) is 0 Å². The Morgan fingerprint density at radius 3 is 2.93 bits per heavy atom. The first-order valence-electron chi connectivity index (χ1n) is 3.70. The number of amides is 1. The number of rotatable bonds is 3. The minimum atomic E-state index is -0.476. The normalized spacial score (nSPS) is 9.57. The van der Waals surface area contributed by atoms with Crippen molar-refractivity contribution >= 4 is 39.8 Å². The Labute approximate surface area is 89.8 Å². The van der Waals surface area contributed by atoms with Crippen LogP contribution in [0.2, 0.25) is 0 Å². The fraction of sp³-hybridized carbons (Fsp3) is 0.250. The maximum absolute atomic E-state index is 11.2. The molecule has 14 heavy (non-hydrogen) atoms. The van der Waals surface area contributed by atoms with Crippen molar-refractivity contribution in [3.63, 3.8) is 0 Å². The third-order valence-corrected chi connectivity index (χ3v) is 2.52. The largest absolute Gasteiger partial charge is 0.465 e. The van der Waals surface area contributed by atoms with Crippen LogP contribution in [0.1, 0.15) is 10.4 Å². The van der Waals surface area contributed by atoms with Crippen molar-refractivity contribution in [2.75, 3.05) is 18.3 Å². The molecule has 0 fully saturated rings. The third-order valence-electron chi connectivity index (χ3n) is 1.44. The number of hydrogen-bond acceptors (Lipinski definition) is 4. The molecule has 4 nitrogen and oxygen atoms in total. The van der Waals surface area contributed by atoms with E-state index in [1.54, 1.807) is 11.4 Å². The Balaban J connectivity index is 2.82. The zero-order chi connectivity index (χ0) is 10.6. The van der Waals surface area contributed by atoms with E-state index in [0.29, 0.717) is 10.6 Å². The first-order valence-corrected chi connectivity index (χ1v) is 5.12. The Morgan fingerprint density at radius 2 is 2.36 bits per heavy atom. The lowest BCUT2D eigenvalue weighted by Gasteiger charge is -2.02. The van der Waals surface area contributed by atoms with Gasteiger partial charge in [0.05, 0.1) is 12.7 Å². The van der Waals surface area contributed by atoms with Gasteiger partial charge in [-0.2, -0.15) is 0 Å². The molecule has 0 radical (unpaired) electrons. The van der Waals surface area contributed by atoms with Gasteiger partial charge >= 0.3 is 5.97 Å². The van der Waals surface area contributed by atoms with Crippen molar-refractivity contribution in [1.82, 2.24) is 0 Å². The number of hydrogen-bond donors (Lipinski definition) is 1. The molecule has 6 heteroatoms. The van der Waals surface area contributed by atoms with Crippen LogP contribution in [0.3, 0.4) is 0 Å². The number of anilines is 1. The van der Waals surface area contributed by atoms with Gasteiger partial charge in [-0.05, 0) is 11.4 Å². The van der Waals surface area contributed by atoms with E-state index < -0.39 is 5.97 Å². The van der Waals surface area contributed by atoms with Crippen LogP contribution in [0.5, 0.6) is 0 Å². The molecule has 0 aliphatic carbocycles. The van der Waals surface area contributed by atoms with E-state index in [0.717, 1.165) is 0 Å². The number of esters is 1. The fourth-order valence-electron chi connectivity index (χ4n) is 0.837. The van der Waals surface area contributed by atoms with E-state index in [1.807, 2.05) is 0 Å². The van der Waals surface area contributed by atoms with Gasteiger partial charge in [-0.15, -0.1) is 22.9 Å². The van der Waals surface area contributed by atoms with Crippen LogP contribution < -0.4 is 5.32 Å². The second-order valence-corrected chi connectivity index (χ2v) is 3.52. The predicted molar refractivity (Wildman–Crippen MR) is 55.0 cm³/mol. The number of methoxy groups -OCH3 is 1. The van der Waals surface area contributed by atoms with Crippen LogP contribution in [-0.2, 0) is 9.53 Å². The van der Waals surface area contributed by atoms with Crippen LogP contribution in [-0.4, -0.2) is 24.9 Å². The highest BCUT2D eigenvalue weighted by Crippen LogP contribution is 2.23. The molecule has 0 aliphatic rings. The van der Waals surface area contributed by atoms with E-state index >= 15 is 0 Å². The second-order valence-electron chi connectivity index (χ2n) is 2.34. The molecule has 1 amide bonds. The number of halogens is 1. The summed E-state index contributed by atoms with van der Waals surface area (Å²) in [7, 11) is 1.28. The number of nitrogens with one attached hydrogen (secondary N) is 1. The average molecular weight is 234 g/mol. The van der Waals surface area contributed by atoms with Crippen molar-refractivity contribution in [2.45, 2.75) is 0 Å². The van der Waals surface area contributed by atoms with Gasteiger partial charge in [0.1, 0.15) is 10.9 Å². The summed E-state index contributed by atoms with van der Waals surface area (Å²) in [5.41, 5.74) is 0.343. The molecular formula is C8H8ClNO3S. The molecule has 0 saturated carbocycles. The lowest BCUT2D eigenvalue weighted by atomic mass is 10.3. The fourth-order valence-corrected chi connectivity index (χ4v) is 1.69. The summed E-state index contributed by atoms with van der Waals surface area (Å²) in [6.07, 6.45) is 0. The van der Waals surface area contributed by atoms with Crippen molar-refractivity contribution in [3.8, 4) is 0 Å². The lowest BCUT2D eigenvalue weighted by Crippen LogP contribution is -2.14. The molecule has 76 valence electrons. The summed E-state index contributed by atoms with van der Waals surface area (Å²) in [5, 5.41) is 4.65. The Kier molecular flexibility index (Phi) is 3.91. The van der Waals surface area contributed by atoms with Crippen molar-refractivity contribution in [1.29, 1.82) is 0 Å². The summed E-state index contributed by atoms with van der Waals surface area (Å²) < 4.78 is 4.53. The predicted octanol–water partition coefficient (Wildman–Crippen LogP) is 1.71. The molecule has 1 N–H and O–H groups in total. The van der Waals surface area contributed by atoms with Crippen LogP contribution in [0.25, 0.3) is 0 Å². The molecule has 1 aromatic rings. The van der Waals surface area contributed by atoms with Crippen LogP contribution in [0.4, 0.5) is 5.00 Å². The first kappa shape index (κ1) is 11.0. The van der Waals surface area contributed by atoms with Gasteiger partial charge in [-0.1, -0.05) is 0 Å². The molecule has 0 bridgehead atoms. The SMILES string of the molecule is COC(=O)c1ccsc1NC(=O)CCl. The van der Waals surface area contributed by atoms with E-state index in [1.165, 1.54) is 18.4 Å². The molecule has 0 aliphatic heterocycles. The van der Waals surface area contributed by atoms with Crippen LogP contribution >= 0.6 is 22.9 Å². The quantitative estimate of drug-likeness (QED) is 0.639. The highest BCUT2D eigenvalue weighted by atomic mass is 35.5. The number of carbonyl (C=O) groups is 2. The van der Waals surface area contributed by atoms with E-state index in [-0.39, 0.29) is 11.8 Å². The summed E-state index contributed by atoms with van der Waals surface area (Å²) in [4.78, 5) is 22.1. The number of ether oxygens (including phenoxy) is 1. The standard InChI is InChI=1S/C8H8ClNO3S/c1-13-8(12)5-2-3-14-7(5)10-6(11)4-9/h2-3H,4H2,1H3,(H,10,11). The molecule has 0 saturated heterocycles. The first-order chi connectivity index (χ1) is 6.69. The highest BCUT2D eigenvalue weighted by molar-refractivity contribution is 7.14.